The number of nitrogens with zero attached hydrogens (tertiary/aromatic N) is 3. The second-order valence-corrected chi connectivity index (χ2v) is 5.21. The zero-order valence-corrected chi connectivity index (χ0v) is 11.8. The molecule has 1 rings (SSSR count). The lowest BCUT2D eigenvalue weighted by atomic mass is 10.2. The molecule has 1 heterocycles. The van der Waals surface area contributed by atoms with Gasteiger partial charge in [0, 0.05) is 11.8 Å². The second-order valence-electron chi connectivity index (χ2n) is 4.15. The van der Waals surface area contributed by atoms with Gasteiger partial charge >= 0.3 is 5.69 Å². The molecule has 7 heteroatoms. The van der Waals surface area contributed by atoms with E-state index in [0.717, 1.165) is 18.7 Å². The molecule has 0 saturated carbocycles. The first-order valence-electron chi connectivity index (χ1n) is 6.02. The highest BCUT2D eigenvalue weighted by molar-refractivity contribution is 7.99. The third-order valence-corrected chi connectivity index (χ3v) is 3.42. The van der Waals surface area contributed by atoms with Crippen molar-refractivity contribution >= 4 is 11.8 Å². The molecule has 1 unspecified atom stereocenters. The fraction of sp³-hybridized carbons (Fsp3) is 0.727. The minimum absolute atomic E-state index is 0.0827. The van der Waals surface area contributed by atoms with Crippen molar-refractivity contribution in [2.45, 2.75) is 44.4 Å². The van der Waals surface area contributed by atoms with Crippen LogP contribution in [0.25, 0.3) is 0 Å². The van der Waals surface area contributed by atoms with Gasteiger partial charge in [-0.2, -0.15) is 5.26 Å². The van der Waals surface area contributed by atoms with E-state index in [0.29, 0.717) is 5.16 Å². The molecule has 0 aliphatic heterocycles. The number of thioether (sulfide) groups is 1. The number of nitriles is 1. The molecule has 1 aromatic rings. The Morgan fingerprint density at radius 2 is 2.33 bits per heavy atom. The maximum Gasteiger partial charge on any atom is 0.344 e. The van der Waals surface area contributed by atoms with Gasteiger partial charge in [-0.05, 0) is 26.8 Å². The topological polar surface area (TPSA) is 86.5 Å². The van der Waals surface area contributed by atoms with Crippen molar-refractivity contribution in [2.24, 2.45) is 0 Å². The summed E-state index contributed by atoms with van der Waals surface area (Å²) in [5, 5.41) is 19.1. The Morgan fingerprint density at radius 1 is 1.61 bits per heavy atom. The molecule has 0 fully saturated rings. The number of nitrogens with one attached hydrogen (secondary N) is 2. The molecule has 0 aromatic carbocycles. The van der Waals surface area contributed by atoms with Crippen molar-refractivity contribution in [2.75, 3.05) is 12.3 Å². The molecule has 0 aliphatic rings. The number of hydrogen-bond acceptors (Lipinski definition) is 5. The van der Waals surface area contributed by atoms with Crippen LogP contribution in [-0.4, -0.2) is 33.1 Å². The Bertz CT molecular complexity index is 459. The van der Waals surface area contributed by atoms with Crippen molar-refractivity contribution in [1.29, 1.82) is 5.26 Å². The average Bonchev–Trinajstić information content (AvgIpc) is 2.69. The Hall–Kier alpha value is -1.26. The number of hydrogen-bond donors (Lipinski definition) is 2. The minimum Gasteiger partial charge on any atom is -0.302 e. The highest BCUT2D eigenvalue weighted by Gasteiger charge is 2.12. The summed E-state index contributed by atoms with van der Waals surface area (Å²) in [5.41, 5.74) is -0.184. The normalized spacial score (nSPS) is 12.6. The molecule has 1 atom stereocenters. The Morgan fingerprint density at radius 3 is 2.89 bits per heavy atom. The number of aromatic amines is 1. The first-order valence-corrected chi connectivity index (χ1v) is 7.01. The molecule has 0 amide bonds. The summed E-state index contributed by atoms with van der Waals surface area (Å²) in [4.78, 5) is 11.5. The largest absolute Gasteiger partial charge is 0.344 e. The number of rotatable bonds is 7. The van der Waals surface area contributed by atoms with E-state index in [-0.39, 0.29) is 17.8 Å². The van der Waals surface area contributed by atoms with Gasteiger partial charge in [0.05, 0.1) is 12.1 Å². The standard InChI is InChI=1S/C11H19N5OS/c1-4-13-9(7-12)5-6-18-11-15-14-10(17)16(11)8(2)3/h8-9,13H,4-6H2,1-3H3,(H,14,17). The maximum absolute atomic E-state index is 11.5. The van der Waals surface area contributed by atoms with E-state index in [1.165, 1.54) is 11.8 Å². The van der Waals surface area contributed by atoms with Crippen LogP contribution in [0.3, 0.4) is 0 Å². The lowest BCUT2D eigenvalue weighted by Gasteiger charge is -2.10. The maximum atomic E-state index is 11.5. The molecule has 0 saturated heterocycles. The van der Waals surface area contributed by atoms with Crippen LogP contribution in [0.2, 0.25) is 0 Å². The zero-order valence-electron chi connectivity index (χ0n) is 10.9. The molecular formula is C11H19N5OS. The van der Waals surface area contributed by atoms with Gasteiger partial charge in [0.25, 0.3) is 0 Å². The molecule has 2 N–H and O–H groups in total. The van der Waals surface area contributed by atoms with Crippen LogP contribution in [0, 0.1) is 11.3 Å². The molecule has 0 bridgehead atoms. The summed E-state index contributed by atoms with van der Waals surface area (Å²) >= 11 is 1.50. The van der Waals surface area contributed by atoms with E-state index in [1.54, 1.807) is 4.57 Å². The smallest absolute Gasteiger partial charge is 0.302 e. The Kier molecular flexibility index (Phi) is 5.95. The van der Waals surface area contributed by atoms with Gasteiger partial charge in [0.1, 0.15) is 0 Å². The summed E-state index contributed by atoms with van der Waals surface area (Å²) in [6.07, 6.45) is 0.730. The van der Waals surface area contributed by atoms with Crippen molar-refractivity contribution in [3.8, 4) is 6.07 Å². The molecule has 0 spiro atoms. The Balaban J connectivity index is 2.54. The van der Waals surface area contributed by atoms with Crippen molar-refractivity contribution in [3.05, 3.63) is 10.5 Å². The highest BCUT2D eigenvalue weighted by Crippen LogP contribution is 2.18. The van der Waals surface area contributed by atoms with Gasteiger partial charge in [0.2, 0.25) is 0 Å². The van der Waals surface area contributed by atoms with Crippen LogP contribution in [-0.2, 0) is 0 Å². The van der Waals surface area contributed by atoms with E-state index in [4.69, 9.17) is 5.26 Å². The monoisotopic (exact) mass is 269 g/mol. The number of H-pyrrole nitrogens is 1. The Labute approximate surface area is 111 Å². The first-order chi connectivity index (χ1) is 8.60. The van der Waals surface area contributed by atoms with Crippen LogP contribution in [0.15, 0.2) is 9.95 Å². The minimum atomic E-state index is -0.184. The van der Waals surface area contributed by atoms with Crippen molar-refractivity contribution in [3.63, 3.8) is 0 Å². The highest BCUT2D eigenvalue weighted by atomic mass is 32.2. The van der Waals surface area contributed by atoms with E-state index < -0.39 is 0 Å². The molecule has 0 radical (unpaired) electrons. The summed E-state index contributed by atoms with van der Waals surface area (Å²) in [6.45, 7) is 6.64. The molecule has 0 aliphatic carbocycles. The average molecular weight is 269 g/mol. The van der Waals surface area contributed by atoms with Crippen molar-refractivity contribution < 1.29 is 0 Å². The number of aromatic nitrogens is 3. The molecule has 18 heavy (non-hydrogen) atoms. The van der Waals surface area contributed by atoms with Gasteiger partial charge in [-0.3, -0.25) is 4.57 Å². The third-order valence-electron chi connectivity index (χ3n) is 2.43. The van der Waals surface area contributed by atoms with Gasteiger partial charge in [-0.15, -0.1) is 5.10 Å². The van der Waals surface area contributed by atoms with Gasteiger partial charge < -0.3 is 5.32 Å². The third kappa shape index (κ3) is 3.89. The van der Waals surface area contributed by atoms with E-state index in [2.05, 4.69) is 21.6 Å². The predicted octanol–water partition coefficient (Wildman–Crippen LogP) is 1.14. The SMILES string of the molecule is CCNC(C#N)CCSc1n[nH]c(=O)n1C(C)C. The van der Waals surface area contributed by atoms with E-state index in [9.17, 15) is 4.79 Å². The van der Waals surface area contributed by atoms with E-state index >= 15 is 0 Å². The van der Waals surface area contributed by atoms with Gasteiger partial charge in [-0.1, -0.05) is 18.7 Å². The molecule has 1 aromatic heterocycles. The van der Waals surface area contributed by atoms with Crippen LogP contribution in [0.1, 0.15) is 33.2 Å². The summed E-state index contributed by atoms with van der Waals surface area (Å²) in [6, 6.07) is 2.16. The quantitative estimate of drug-likeness (QED) is 0.725. The fourth-order valence-electron chi connectivity index (χ4n) is 1.57. The zero-order chi connectivity index (χ0) is 13.5. The fourth-order valence-corrected chi connectivity index (χ4v) is 2.65. The van der Waals surface area contributed by atoms with Crippen LogP contribution >= 0.6 is 11.8 Å². The van der Waals surface area contributed by atoms with Gasteiger partial charge in [-0.25, -0.2) is 9.89 Å². The van der Waals surface area contributed by atoms with Crippen LogP contribution < -0.4 is 11.0 Å². The van der Waals surface area contributed by atoms with Gasteiger partial charge in [0.15, 0.2) is 5.16 Å². The lowest BCUT2D eigenvalue weighted by molar-refractivity contribution is 0.533. The lowest BCUT2D eigenvalue weighted by Crippen LogP contribution is -2.27. The molecule has 100 valence electrons. The van der Waals surface area contributed by atoms with Crippen LogP contribution in [0.4, 0.5) is 0 Å². The van der Waals surface area contributed by atoms with Crippen molar-refractivity contribution in [1.82, 2.24) is 20.1 Å². The second kappa shape index (κ2) is 7.24. The predicted molar refractivity (Wildman–Crippen MR) is 71.7 cm³/mol. The summed E-state index contributed by atoms with van der Waals surface area (Å²) < 4.78 is 1.62. The first kappa shape index (κ1) is 14.8. The summed E-state index contributed by atoms with van der Waals surface area (Å²) in [5.74, 6) is 0.752. The molecular weight excluding hydrogens is 250 g/mol. The van der Waals surface area contributed by atoms with Crippen LogP contribution in [0.5, 0.6) is 0 Å². The molecule has 6 nitrogen and oxygen atoms in total. The van der Waals surface area contributed by atoms with E-state index in [1.807, 2.05) is 20.8 Å². The summed E-state index contributed by atoms with van der Waals surface area (Å²) in [7, 11) is 0.